The SMILES string of the molecule is COc1cc(-c2[nH]c3cnc(C4CCC(NC5COC5)CC4)c(C)c3c2C(C)C)cn2ncnc12. The molecule has 6 rings (SSSR count). The summed E-state index contributed by atoms with van der Waals surface area (Å²) in [6, 6.07) is 3.21. The molecule has 2 fully saturated rings. The zero-order valence-electron chi connectivity index (χ0n) is 21.0. The lowest BCUT2D eigenvalue weighted by atomic mass is 9.81. The first-order chi connectivity index (χ1) is 17.0. The lowest BCUT2D eigenvalue weighted by Crippen LogP contribution is -2.51. The molecule has 0 amide bonds. The second-order valence-electron chi connectivity index (χ2n) is 10.4. The van der Waals surface area contributed by atoms with Gasteiger partial charge in [0.15, 0.2) is 11.4 Å². The minimum Gasteiger partial charge on any atom is -0.493 e. The van der Waals surface area contributed by atoms with Gasteiger partial charge in [0.1, 0.15) is 6.33 Å². The summed E-state index contributed by atoms with van der Waals surface area (Å²) < 4.78 is 12.7. The number of rotatable bonds is 6. The van der Waals surface area contributed by atoms with Crippen LogP contribution in [0.2, 0.25) is 0 Å². The summed E-state index contributed by atoms with van der Waals surface area (Å²) >= 11 is 0. The summed E-state index contributed by atoms with van der Waals surface area (Å²) in [5.41, 5.74) is 7.83. The fraction of sp³-hybridized carbons (Fsp3) is 0.519. The second kappa shape index (κ2) is 8.91. The lowest BCUT2D eigenvalue weighted by molar-refractivity contribution is -0.0121. The van der Waals surface area contributed by atoms with Gasteiger partial charge in [-0.25, -0.2) is 9.50 Å². The number of nitrogens with zero attached hydrogens (tertiary/aromatic N) is 4. The van der Waals surface area contributed by atoms with Crippen LogP contribution in [0.3, 0.4) is 0 Å². The van der Waals surface area contributed by atoms with Crippen LogP contribution in [0, 0.1) is 6.92 Å². The van der Waals surface area contributed by atoms with Crippen LogP contribution in [-0.4, -0.2) is 57.0 Å². The molecule has 0 spiro atoms. The lowest BCUT2D eigenvalue weighted by Gasteiger charge is -2.35. The van der Waals surface area contributed by atoms with Crippen LogP contribution in [0.4, 0.5) is 0 Å². The minimum absolute atomic E-state index is 0.342. The Kier molecular flexibility index (Phi) is 5.73. The summed E-state index contributed by atoms with van der Waals surface area (Å²) in [5.74, 6) is 1.57. The van der Waals surface area contributed by atoms with E-state index in [1.807, 2.05) is 18.5 Å². The predicted octanol–water partition coefficient (Wildman–Crippen LogP) is 4.73. The first-order valence-corrected chi connectivity index (χ1v) is 12.8. The fourth-order valence-corrected chi connectivity index (χ4v) is 5.99. The molecule has 0 radical (unpaired) electrons. The number of aromatic amines is 1. The van der Waals surface area contributed by atoms with Crippen molar-refractivity contribution in [2.24, 2.45) is 0 Å². The minimum atomic E-state index is 0.342. The number of aromatic nitrogens is 5. The molecule has 0 atom stereocenters. The highest BCUT2D eigenvalue weighted by atomic mass is 16.5. The van der Waals surface area contributed by atoms with E-state index in [1.165, 1.54) is 47.9 Å². The van der Waals surface area contributed by atoms with Crippen LogP contribution in [0.15, 0.2) is 24.8 Å². The Bertz CT molecular complexity index is 1360. The number of aryl methyl sites for hydroxylation is 1. The van der Waals surface area contributed by atoms with E-state index < -0.39 is 0 Å². The number of fused-ring (bicyclic) bond motifs is 2. The van der Waals surface area contributed by atoms with Crippen LogP contribution in [0.5, 0.6) is 5.75 Å². The summed E-state index contributed by atoms with van der Waals surface area (Å²) in [6.45, 7) is 8.50. The zero-order valence-corrected chi connectivity index (χ0v) is 21.0. The standard InChI is InChI=1S/C27H34N6O2/c1-15(2)23-24-16(3)25(17-5-7-19(8-6-17)31-20-12-35-13-20)28-10-21(24)32-26(23)18-9-22(34-4)27-29-14-30-33(27)11-18/h9-11,14-15,17,19-20,31-32H,5-8,12-13H2,1-4H3. The largest absolute Gasteiger partial charge is 0.493 e. The van der Waals surface area contributed by atoms with E-state index in [4.69, 9.17) is 14.5 Å². The van der Waals surface area contributed by atoms with E-state index in [1.54, 1.807) is 18.0 Å². The van der Waals surface area contributed by atoms with Gasteiger partial charge in [-0.05, 0) is 55.7 Å². The maximum Gasteiger partial charge on any atom is 0.197 e. The molecule has 35 heavy (non-hydrogen) atoms. The van der Waals surface area contributed by atoms with E-state index >= 15 is 0 Å². The molecule has 4 aromatic heterocycles. The summed E-state index contributed by atoms with van der Waals surface area (Å²) in [6.07, 6.45) is 10.4. The third kappa shape index (κ3) is 3.89. The summed E-state index contributed by atoms with van der Waals surface area (Å²) in [5, 5.41) is 9.43. The van der Waals surface area contributed by atoms with E-state index in [-0.39, 0.29) is 0 Å². The van der Waals surface area contributed by atoms with Gasteiger partial charge in [0, 0.05) is 34.8 Å². The number of pyridine rings is 2. The molecule has 1 saturated carbocycles. The average molecular weight is 475 g/mol. The smallest absolute Gasteiger partial charge is 0.197 e. The highest BCUT2D eigenvalue weighted by Crippen LogP contribution is 2.41. The molecule has 8 nitrogen and oxygen atoms in total. The van der Waals surface area contributed by atoms with Gasteiger partial charge in [0.25, 0.3) is 0 Å². The second-order valence-corrected chi connectivity index (χ2v) is 10.4. The fourth-order valence-electron chi connectivity index (χ4n) is 5.99. The van der Waals surface area contributed by atoms with Crippen LogP contribution in [0.25, 0.3) is 27.8 Å². The van der Waals surface area contributed by atoms with Gasteiger partial charge in [0.05, 0.1) is 43.8 Å². The number of hydrogen-bond acceptors (Lipinski definition) is 6. The molecule has 4 aromatic rings. The Balaban J connectivity index is 1.37. The van der Waals surface area contributed by atoms with Crippen molar-refractivity contribution in [2.45, 2.75) is 70.4 Å². The molecule has 5 heterocycles. The highest BCUT2D eigenvalue weighted by Gasteiger charge is 2.29. The summed E-state index contributed by atoms with van der Waals surface area (Å²) in [7, 11) is 1.67. The van der Waals surface area contributed by atoms with Crippen LogP contribution >= 0.6 is 0 Å². The zero-order chi connectivity index (χ0) is 24.1. The van der Waals surface area contributed by atoms with Crippen LogP contribution in [0.1, 0.15) is 68.2 Å². The molecule has 8 heteroatoms. The molecule has 0 bridgehead atoms. The Morgan fingerprint density at radius 2 is 1.94 bits per heavy atom. The Hall–Kier alpha value is -2.97. The van der Waals surface area contributed by atoms with Crippen LogP contribution in [-0.2, 0) is 4.74 Å². The third-order valence-electron chi connectivity index (χ3n) is 7.81. The quantitative estimate of drug-likeness (QED) is 0.420. The van der Waals surface area contributed by atoms with E-state index in [0.29, 0.717) is 35.3 Å². The molecule has 0 aromatic carbocycles. The van der Waals surface area contributed by atoms with Crippen molar-refractivity contribution in [3.8, 4) is 17.0 Å². The molecule has 2 aliphatic rings. The van der Waals surface area contributed by atoms with E-state index in [2.05, 4.69) is 41.2 Å². The summed E-state index contributed by atoms with van der Waals surface area (Å²) in [4.78, 5) is 13.0. The maximum absolute atomic E-state index is 5.63. The van der Waals surface area contributed by atoms with Gasteiger partial charge in [-0.2, -0.15) is 5.10 Å². The Morgan fingerprint density at radius 1 is 1.14 bits per heavy atom. The van der Waals surface area contributed by atoms with Gasteiger partial charge < -0.3 is 19.8 Å². The molecule has 184 valence electrons. The number of H-pyrrole nitrogens is 1. The van der Waals surface area contributed by atoms with Crippen molar-refractivity contribution in [2.75, 3.05) is 20.3 Å². The first-order valence-electron chi connectivity index (χ1n) is 12.8. The van der Waals surface area contributed by atoms with E-state index in [0.717, 1.165) is 30.0 Å². The van der Waals surface area contributed by atoms with Crippen molar-refractivity contribution >= 4 is 16.6 Å². The normalized spacial score (nSPS) is 21.2. The number of ether oxygens (including phenoxy) is 2. The van der Waals surface area contributed by atoms with Crippen molar-refractivity contribution < 1.29 is 9.47 Å². The molecule has 1 aliphatic heterocycles. The Morgan fingerprint density at radius 3 is 2.63 bits per heavy atom. The molecule has 2 N–H and O–H groups in total. The molecular weight excluding hydrogens is 440 g/mol. The van der Waals surface area contributed by atoms with Crippen molar-refractivity contribution in [3.63, 3.8) is 0 Å². The van der Waals surface area contributed by atoms with Crippen LogP contribution < -0.4 is 10.1 Å². The van der Waals surface area contributed by atoms with Crippen molar-refractivity contribution in [1.29, 1.82) is 0 Å². The number of hydrogen-bond donors (Lipinski definition) is 2. The molecule has 1 aliphatic carbocycles. The Labute approximate surface area is 205 Å². The van der Waals surface area contributed by atoms with Gasteiger partial charge in [0.2, 0.25) is 0 Å². The first kappa shape index (κ1) is 22.5. The number of nitrogens with one attached hydrogen (secondary N) is 2. The van der Waals surface area contributed by atoms with Gasteiger partial charge in [-0.15, -0.1) is 0 Å². The number of methoxy groups -OCH3 is 1. The third-order valence-corrected chi connectivity index (χ3v) is 7.81. The predicted molar refractivity (Wildman–Crippen MR) is 136 cm³/mol. The molecule has 0 unspecified atom stereocenters. The van der Waals surface area contributed by atoms with Crippen molar-refractivity contribution in [3.05, 3.63) is 41.6 Å². The molecule has 1 saturated heterocycles. The monoisotopic (exact) mass is 474 g/mol. The molecular formula is C27H34N6O2. The van der Waals surface area contributed by atoms with Crippen molar-refractivity contribution in [1.82, 2.24) is 29.9 Å². The topological polar surface area (TPSA) is 89.4 Å². The average Bonchev–Trinajstić information content (AvgIpc) is 3.47. The van der Waals surface area contributed by atoms with Gasteiger partial charge >= 0.3 is 0 Å². The van der Waals surface area contributed by atoms with Gasteiger partial charge in [-0.3, -0.25) is 4.98 Å². The highest BCUT2D eigenvalue weighted by molar-refractivity contribution is 5.94. The maximum atomic E-state index is 5.63. The van der Waals surface area contributed by atoms with E-state index in [9.17, 15) is 0 Å². The van der Waals surface area contributed by atoms with Gasteiger partial charge in [-0.1, -0.05) is 13.8 Å².